The minimum Gasteiger partial charge on any atom is -0.479 e. The Kier molecular flexibility index (Phi) is 6.29. The molecule has 0 radical (unpaired) electrons. The lowest BCUT2D eigenvalue weighted by Crippen LogP contribution is -2.39. The second-order valence-electron chi connectivity index (χ2n) is 6.91. The number of pyridine rings is 1. The second kappa shape index (κ2) is 8.87. The number of aliphatic carboxylic acids is 1. The summed E-state index contributed by atoms with van der Waals surface area (Å²) in [4.78, 5) is 20.1. The van der Waals surface area contributed by atoms with Gasteiger partial charge < -0.3 is 19.0 Å². The molecule has 0 fully saturated rings. The summed E-state index contributed by atoms with van der Waals surface area (Å²) in [6.07, 6.45) is 2.41. The van der Waals surface area contributed by atoms with Crippen LogP contribution in [0.4, 0.5) is 0 Å². The monoisotopic (exact) mass is 396 g/mol. The predicted molar refractivity (Wildman–Crippen MR) is 107 cm³/mol. The fourth-order valence-electron chi connectivity index (χ4n) is 2.84. The van der Waals surface area contributed by atoms with Gasteiger partial charge in [0.2, 0.25) is 11.8 Å². The van der Waals surface area contributed by atoms with Gasteiger partial charge in [0.25, 0.3) is 0 Å². The van der Waals surface area contributed by atoms with Crippen molar-refractivity contribution in [2.24, 2.45) is 0 Å². The van der Waals surface area contributed by atoms with Crippen molar-refractivity contribution < 1.29 is 23.8 Å². The normalized spacial score (nSPS) is 13.1. The fraction of sp³-hybridized carbons (Fsp3) is 0.318. The molecule has 0 spiro atoms. The molecule has 0 saturated heterocycles. The maximum absolute atomic E-state index is 11.3. The van der Waals surface area contributed by atoms with Gasteiger partial charge >= 0.3 is 5.97 Å². The van der Waals surface area contributed by atoms with E-state index in [2.05, 4.69) is 9.97 Å². The molecule has 0 amide bonds. The molecule has 1 N–H and O–H groups in total. The molecule has 0 aliphatic heterocycles. The van der Waals surface area contributed by atoms with E-state index < -0.39 is 11.6 Å². The number of oxazole rings is 1. The van der Waals surface area contributed by atoms with Crippen LogP contribution in [0.2, 0.25) is 0 Å². The lowest BCUT2D eigenvalue weighted by molar-refractivity contribution is -0.159. The highest BCUT2D eigenvalue weighted by Crippen LogP contribution is 2.22. The Morgan fingerprint density at radius 3 is 2.59 bits per heavy atom. The molecule has 7 nitrogen and oxygen atoms in total. The highest BCUT2D eigenvalue weighted by Gasteiger charge is 2.33. The molecule has 0 saturated carbocycles. The van der Waals surface area contributed by atoms with Crippen LogP contribution < -0.4 is 4.74 Å². The zero-order valence-corrected chi connectivity index (χ0v) is 16.7. The second-order valence-corrected chi connectivity index (χ2v) is 6.91. The van der Waals surface area contributed by atoms with Crippen LogP contribution >= 0.6 is 0 Å². The van der Waals surface area contributed by atoms with Crippen molar-refractivity contribution in [2.45, 2.75) is 32.3 Å². The van der Waals surface area contributed by atoms with E-state index in [9.17, 15) is 9.90 Å². The summed E-state index contributed by atoms with van der Waals surface area (Å²) in [7, 11) is 1.38. The Balaban J connectivity index is 1.56. The van der Waals surface area contributed by atoms with Crippen LogP contribution in [0.1, 0.15) is 23.9 Å². The first-order valence-corrected chi connectivity index (χ1v) is 9.29. The van der Waals surface area contributed by atoms with Crippen LogP contribution in [-0.4, -0.2) is 40.4 Å². The number of aromatic nitrogens is 2. The van der Waals surface area contributed by atoms with E-state index in [0.717, 1.165) is 22.6 Å². The first-order valence-electron chi connectivity index (χ1n) is 9.29. The Morgan fingerprint density at radius 1 is 1.21 bits per heavy atom. The van der Waals surface area contributed by atoms with Gasteiger partial charge in [-0.05, 0) is 31.5 Å². The van der Waals surface area contributed by atoms with Gasteiger partial charge in [0.05, 0.1) is 12.3 Å². The molecule has 0 unspecified atom stereocenters. The lowest BCUT2D eigenvalue weighted by atomic mass is 9.97. The summed E-state index contributed by atoms with van der Waals surface area (Å²) in [5, 5.41) is 9.29. The van der Waals surface area contributed by atoms with Gasteiger partial charge in [-0.1, -0.05) is 24.3 Å². The number of ether oxygens (including phenoxy) is 2. The molecular formula is C22H24N2O5. The molecule has 3 rings (SSSR count). The Hall–Kier alpha value is -3.19. The van der Waals surface area contributed by atoms with Gasteiger partial charge in [0.1, 0.15) is 5.76 Å². The molecule has 29 heavy (non-hydrogen) atoms. The van der Waals surface area contributed by atoms with E-state index in [1.54, 1.807) is 18.3 Å². The Labute approximate surface area is 169 Å². The van der Waals surface area contributed by atoms with Crippen molar-refractivity contribution in [3.05, 3.63) is 65.7 Å². The lowest BCUT2D eigenvalue weighted by Gasteiger charge is -2.22. The quantitative estimate of drug-likeness (QED) is 0.589. The number of benzene rings is 1. The fourth-order valence-corrected chi connectivity index (χ4v) is 2.84. The molecule has 0 aliphatic carbocycles. The smallest absolute Gasteiger partial charge is 0.336 e. The number of hydrogen-bond acceptors (Lipinski definition) is 6. The number of rotatable bonds is 9. The van der Waals surface area contributed by atoms with Crippen molar-refractivity contribution in [1.82, 2.24) is 9.97 Å². The number of hydrogen-bond donors (Lipinski definition) is 1. The maximum atomic E-state index is 11.3. The van der Waals surface area contributed by atoms with Gasteiger partial charge in [0.15, 0.2) is 5.60 Å². The summed E-state index contributed by atoms with van der Waals surface area (Å²) in [5.41, 5.74) is 1.25. The molecule has 1 aromatic carbocycles. The number of carbonyl (C=O) groups is 1. The Morgan fingerprint density at radius 2 is 1.97 bits per heavy atom. The molecule has 152 valence electrons. The highest BCUT2D eigenvalue weighted by molar-refractivity contribution is 5.77. The predicted octanol–water partition coefficient (Wildman–Crippen LogP) is 3.70. The largest absolute Gasteiger partial charge is 0.479 e. The minimum absolute atomic E-state index is 0.215. The zero-order chi connectivity index (χ0) is 20.9. The maximum Gasteiger partial charge on any atom is 0.336 e. The third-order valence-electron chi connectivity index (χ3n) is 4.74. The van der Waals surface area contributed by atoms with Crippen LogP contribution in [0.15, 0.2) is 53.1 Å². The number of methoxy groups -OCH3 is 1. The molecule has 0 aliphatic rings. The van der Waals surface area contributed by atoms with E-state index in [4.69, 9.17) is 13.9 Å². The number of aryl methyl sites for hydroxylation is 1. The van der Waals surface area contributed by atoms with Crippen molar-refractivity contribution in [3.63, 3.8) is 0 Å². The van der Waals surface area contributed by atoms with Crippen molar-refractivity contribution in [1.29, 1.82) is 0 Å². The Bertz CT molecular complexity index is 953. The third-order valence-corrected chi connectivity index (χ3v) is 4.74. The van der Waals surface area contributed by atoms with Crippen molar-refractivity contribution in [3.8, 4) is 17.3 Å². The molecule has 2 heterocycles. The third kappa shape index (κ3) is 5.00. The summed E-state index contributed by atoms with van der Waals surface area (Å²) < 4.78 is 16.6. The summed E-state index contributed by atoms with van der Waals surface area (Å²) in [5.74, 6) is 0.814. The van der Waals surface area contributed by atoms with E-state index in [1.165, 1.54) is 14.0 Å². The molecule has 1 atom stereocenters. The minimum atomic E-state index is -1.29. The first-order chi connectivity index (χ1) is 13.9. The number of carboxylic acid groups (broad SMARTS) is 1. The van der Waals surface area contributed by atoms with Gasteiger partial charge in [0, 0.05) is 37.8 Å². The van der Waals surface area contributed by atoms with Crippen LogP contribution in [0.25, 0.3) is 11.5 Å². The number of nitrogens with zero attached hydrogens (tertiary/aromatic N) is 2. The molecule has 7 heteroatoms. The van der Waals surface area contributed by atoms with Gasteiger partial charge in [-0.3, -0.25) is 0 Å². The van der Waals surface area contributed by atoms with E-state index >= 15 is 0 Å². The molecule has 0 bridgehead atoms. The van der Waals surface area contributed by atoms with Crippen LogP contribution in [0, 0.1) is 6.92 Å². The van der Waals surface area contributed by atoms with E-state index in [-0.39, 0.29) is 6.42 Å². The van der Waals surface area contributed by atoms with Crippen molar-refractivity contribution >= 4 is 5.97 Å². The standard InChI is InChI=1S/C22H24N2O5/c1-15-18(24-20(29-15)17-7-5-4-6-8-17)11-12-28-19-10-9-16(14-23-19)13-22(2,27-3)21(25)26/h4-10,14H,11-13H2,1-3H3,(H,25,26)/t22-/m0/s1. The highest BCUT2D eigenvalue weighted by atomic mass is 16.5. The SMILES string of the molecule is CO[C@@](C)(Cc1ccc(OCCc2nc(-c3ccccc3)oc2C)nc1)C(=O)O. The van der Waals surface area contributed by atoms with Gasteiger partial charge in [-0.2, -0.15) is 0 Å². The van der Waals surface area contributed by atoms with Crippen molar-refractivity contribution in [2.75, 3.05) is 13.7 Å². The molecule has 2 aromatic heterocycles. The van der Waals surface area contributed by atoms with E-state index in [0.29, 0.717) is 24.8 Å². The van der Waals surface area contributed by atoms with Crippen LogP contribution in [0.5, 0.6) is 5.88 Å². The number of carboxylic acids is 1. The first kappa shape index (κ1) is 20.5. The average Bonchev–Trinajstić information content (AvgIpc) is 3.10. The molecular weight excluding hydrogens is 372 g/mol. The van der Waals surface area contributed by atoms with Crippen LogP contribution in [-0.2, 0) is 22.4 Å². The summed E-state index contributed by atoms with van der Waals surface area (Å²) in [6, 6.07) is 13.3. The van der Waals surface area contributed by atoms with Crippen LogP contribution in [0.3, 0.4) is 0 Å². The average molecular weight is 396 g/mol. The zero-order valence-electron chi connectivity index (χ0n) is 16.7. The van der Waals surface area contributed by atoms with Gasteiger partial charge in [-0.25, -0.2) is 14.8 Å². The van der Waals surface area contributed by atoms with E-state index in [1.807, 2.05) is 37.3 Å². The topological polar surface area (TPSA) is 94.7 Å². The summed E-state index contributed by atoms with van der Waals surface area (Å²) in [6.45, 7) is 3.82. The molecule has 3 aromatic rings. The summed E-state index contributed by atoms with van der Waals surface area (Å²) >= 11 is 0. The van der Waals surface area contributed by atoms with Gasteiger partial charge in [-0.15, -0.1) is 0 Å².